The predicted octanol–water partition coefficient (Wildman–Crippen LogP) is 1.98. The number of hydrogen-bond acceptors (Lipinski definition) is 4. The Kier molecular flexibility index (Phi) is 4.07. The Morgan fingerprint density at radius 3 is 3.05 bits per heavy atom. The second kappa shape index (κ2) is 5.99. The van der Waals surface area contributed by atoms with Gasteiger partial charge in [-0.1, -0.05) is 12.1 Å². The highest BCUT2D eigenvalue weighted by atomic mass is 32.2. The van der Waals surface area contributed by atoms with E-state index >= 15 is 0 Å². The monoisotopic (exact) mass is 305 g/mol. The molecular formula is C15H19N3O2S. The first-order chi connectivity index (χ1) is 10.1. The summed E-state index contributed by atoms with van der Waals surface area (Å²) in [6, 6.07) is 7.38. The van der Waals surface area contributed by atoms with E-state index in [-0.39, 0.29) is 11.7 Å². The molecule has 1 saturated heterocycles. The van der Waals surface area contributed by atoms with Gasteiger partial charge in [-0.05, 0) is 44.0 Å². The molecule has 0 radical (unpaired) electrons. The molecule has 0 saturated carbocycles. The number of fused-ring (bicyclic) bond motifs is 1. The maximum atomic E-state index is 12.4. The van der Waals surface area contributed by atoms with Gasteiger partial charge in [0.05, 0.1) is 11.4 Å². The summed E-state index contributed by atoms with van der Waals surface area (Å²) in [7, 11) is -3.34. The summed E-state index contributed by atoms with van der Waals surface area (Å²) >= 11 is 0. The predicted molar refractivity (Wildman–Crippen MR) is 84.7 cm³/mol. The van der Waals surface area contributed by atoms with Gasteiger partial charge in [0.15, 0.2) is 0 Å². The summed E-state index contributed by atoms with van der Waals surface area (Å²) in [5.41, 5.74) is 0.624. The lowest BCUT2D eigenvalue weighted by atomic mass is 10.0. The maximum absolute atomic E-state index is 12.4. The smallest absolute Gasteiger partial charge is 0.233 e. The zero-order valence-corrected chi connectivity index (χ0v) is 12.6. The number of benzene rings is 1. The zero-order chi connectivity index (χ0) is 14.7. The van der Waals surface area contributed by atoms with Gasteiger partial charge >= 0.3 is 0 Å². The SMILES string of the molecule is O=S(=O)(CC1CCCNC1)Nc1cccc2cnccc12. The van der Waals surface area contributed by atoms with E-state index in [1.807, 2.05) is 18.2 Å². The molecular weight excluding hydrogens is 286 g/mol. The van der Waals surface area contributed by atoms with E-state index in [9.17, 15) is 8.42 Å². The molecule has 3 rings (SSSR count). The number of nitrogens with one attached hydrogen (secondary N) is 2. The van der Waals surface area contributed by atoms with Crippen LogP contribution in [0.4, 0.5) is 5.69 Å². The molecule has 1 atom stereocenters. The Labute approximate surface area is 124 Å². The first kappa shape index (κ1) is 14.3. The molecule has 2 aromatic rings. The number of nitrogens with zero attached hydrogens (tertiary/aromatic N) is 1. The quantitative estimate of drug-likeness (QED) is 0.906. The van der Waals surface area contributed by atoms with E-state index < -0.39 is 10.0 Å². The molecule has 21 heavy (non-hydrogen) atoms. The van der Waals surface area contributed by atoms with Crippen molar-refractivity contribution in [3.05, 3.63) is 36.7 Å². The van der Waals surface area contributed by atoms with Crippen molar-refractivity contribution in [3.8, 4) is 0 Å². The van der Waals surface area contributed by atoms with Gasteiger partial charge in [-0.2, -0.15) is 0 Å². The molecule has 6 heteroatoms. The van der Waals surface area contributed by atoms with Gasteiger partial charge < -0.3 is 5.32 Å². The van der Waals surface area contributed by atoms with E-state index in [4.69, 9.17) is 0 Å². The molecule has 1 aromatic heterocycles. The summed E-state index contributed by atoms with van der Waals surface area (Å²) < 4.78 is 27.4. The fourth-order valence-corrected chi connectivity index (χ4v) is 4.30. The lowest BCUT2D eigenvalue weighted by molar-refractivity contribution is 0.404. The lowest BCUT2D eigenvalue weighted by Gasteiger charge is -2.22. The van der Waals surface area contributed by atoms with E-state index in [0.717, 1.165) is 36.7 Å². The zero-order valence-electron chi connectivity index (χ0n) is 11.7. The summed E-state index contributed by atoms with van der Waals surface area (Å²) in [6.45, 7) is 1.76. The minimum absolute atomic E-state index is 0.168. The van der Waals surface area contributed by atoms with Crippen LogP contribution in [0.15, 0.2) is 36.7 Å². The van der Waals surface area contributed by atoms with Crippen molar-refractivity contribution < 1.29 is 8.42 Å². The van der Waals surface area contributed by atoms with Crippen molar-refractivity contribution in [3.63, 3.8) is 0 Å². The van der Waals surface area contributed by atoms with Crippen LogP contribution in [0.25, 0.3) is 10.8 Å². The highest BCUT2D eigenvalue weighted by molar-refractivity contribution is 7.92. The maximum Gasteiger partial charge on any atom is 0.233 e. The Balaban J connectivity index is 1.80. The van der Waals surface area contributed by atoms with Crippen molar-refractivity contribution in [2.24, 2.45) is 5.92 Å². The molecule has 0 spiro atoms. The van der Waals surface area contributed by atoms with Gasteiger partial charge in [0.2, 0.25) is 10.0 Å². The van der Waals surface area contributed by atoms with Crippen LogP contribution in [0.5, 0.6) is 0 Å². The Hall–Kier alpha value is -1.66. The standard InChI is InChI=1S/C15H19N3O2S/c19-21(20,11-12-3-2-7-16-9-12)18-15-5-1-4-13-10-17-8-6-14(13)15/h1,4-6,8,10,12,16,18H,2-3,7,9,11H2. The first-order valence-corrected chi connectivity index (χ1v) is 8.83. The van der Waals surface area contributed by atoms with E-state index in [0.29, 0.717) is 5.69 Å². The van der Waals surface area contributed by atoms with Crippen LogP contribution in [0.1, 0.15) is 12.8 Å². The van der Waals surface area contributed by atoms with Gasteiger partial charge in [0.25, 0.3) is 0 Å². The van der Waals surface area contributed by atoms with Crippen molar-refractivity contribution in [2.75, 3.05) is 23.6 Å². The van der Waals surface area contributed by atoms with Crippen LogP contribution < -0.4 is 10.0 Å². The number of aromatic nitrogens is 1. The van der Waals surface area contributed by atoms with Crippen molar-refractivity contribution in [2.45, 2.75) is 12.8 Å². The van der Waals surface area contributed by atoms with Crippen molar-refractivity contribution in [1.29, 1.82) is 0 Å². The molecule has 0 bridgehead atoms. The largest absolute Gasteiger partial charge is 0.316 e. The molecule has 1 aromatic carbocycles. The summed E-state index contributed by atoms with van der Waals surface area (Å²) in [5, 5.41) is 5.05. The number of hydrogen-bond donors (Lipinski definition) is 2. The summed E-state index contributed by atoms with van der Waals surface area (Å²) in [6.07, 6.45) is 5.41. The van der Waals surface area contributed by atoms with Crippen molar-refractivity contribution in [1.82, 2.24) is 10.3 Å². The minimum Gasteiger partial charge on any atom is -0.316 e. The van der Waals surface area contributed by atoms with Crippen LogP contribution in [-0.4, -0.2) is 32.2 Å². The minimum atomic E-state index is -3.34. The molecule has 5 nitrogen and oxygen atoms in total. The summed E-state index contributed by atoms with van der Waals surface area (Å²) in [4.78, 5) is 4.06. The van der Waals surface area contributed by atoms with Crippen LogP contribution in [0.2, 0.25) is 0 Å². The van der Waals surface area contributed by atoms with Gasteiger partial charge in [-0.15, -0.1) is 0 Å². The van der Waals surface area contributed by atoms with Gasteiger partial charge in [-0.3, -0.25) is 9.71 Å². The fraction of sp³-hybridized carbons (Fsp3) is 0.400. The second-order valence-electron chi connectivity index (χ2n) is 5.50. The molecule has 0 amide bonds. The molecule has 1 aliphatic heterocycles. The van der Waals surface area contributed by atoms with E-state index in [1.54, 1.807) is 18.5 Å². The topological polar surface area (TPSA) is 71.1 Å². The number of sulfonamides is 1. The highest BCUT2D eigenvalue weighted by Gasteiger charge is 2.21. The highest BCUT2D eigenvalue weighted by Crippen LogP contribution is 2.24. The third kappa shape index (κ3) is 3.51. The van der Waals surface area contributed by atoms with E-state index in [2.05, 4.69) is 15.0 Å². The number of rotatable bonds is 4. The third-order valence-electron chi connectivity index (χ3n) is 3.80. The number of piperidine rings is 1. The molecule has 1 unspecified atom stereocenters. The molecule has 2 N–H and O–H groups in total. The molecule has 112 valence electrons. The normalized spacial score (nSPS) is 19.5. The summed E-state index contributed by atoms with van der Waals surface area (Å²) in [5.74, 6) is 0.356. The molecule has 0 aliphatic carbocycles. The number of pyridine rings is 1. The molecule has 1 aliphatic rings. The fourth-order valence-electron chi connectivity index (χ4n) is 2.80. The first-order valence-electron chi connectivity index (χ1n) is 7.18. The second-order valence-corrected chi connectivity index (χ2v) is 7.27. The Bertz CT molecular complexity index is 719. The van der Waals surface area contributed by atoms with Crippen LogP contribution >= 0.6 is 0 Å². The van der Waals surface area contributed by atoms with Crippen LogP contribution in [0, 0.1) is 5.92 Å². The average Bonchev–Trinajstić information content (AvgIpc) is 2.48. The van der Waals surface area contributed by atoms with Crippen LogP contribution in [-0.2, 0) is 10.0 Å². The molecule has 1 fully saturated rings. The van der Waals surface area contributed by atoms with Gasteiger partial charge in [0, 0.05) is 23.2 Å². The van der Waals surface area contributed by atoms with Gasteiger partial charge in [0.1, 0.15) is 0 Å². The van der Waals surface area contributed by atoms with E-state index in [1.165, 1.54) is 0 Å². The average molecular weight is 305 g/mol. The van der Waals surface area contributed by atoms with Crippen LogP contribution in [0.3, 0.4) is 0 Å². The Morgan fingerprint density at radius 1 is 1.33 bits per heavy atom. The lowest BCUT2D eigenvalue weighted by Crippen LogP contribution is -2.35. The third-order valence-corrected chi connectivity index (χ3v) is 5.24. The Morgan fingerprint density at radius 2 is 2.24 bits per heavy atom. The van der Waals surface area contributed by atoms with Gasteiger partial charge in [-0.25, -0.2) is 8.42 Å². The molecule has 2 heterocycles. The number of anilines is 1. The van der Waals surface area contributed by atoms with Crippen molar-refractivity contribution >= 4 is 26.5 Å².